The minimum Gasteiger partial charge on any atom is -0.462 e. The van der Waals surface area contributed by atoms with Crippen LogP contribution in [0.1, 0.15) is 49.9 Å². The van der Waals surface area contributed by atoms with E-state index in [-0.39, 0.29) is 24.5 Å². The third-order valence-electron chi connectivity index (χ3n) is 10.5. The molecule has 2 aliphatic heterocycles. The van der Waals surface area contributed by atoms with E-state index in [4.69, 9.17) is 21.3 Å². The van der Waals surface area contributed by atoms with Gasteiger partial charge in [-0.15, -0.1) is 0 Å². The Morgan fingerprint density at radius 3 is 2.76 bits per heavy atom. The number of anilines is 2. The fourth-order valence-corrected chi connectivity index (χ4v) is 7.25. The number of likely N-dealkylation sites (N-methyl/N-ethyl adjacent to an activating group) is 1. The molecule has 0 N–H and O–H groups in total. The Labute approximate surface area is 272 Å². The summed E-state index contributed by atoms with van der Waals surface area (Å²) in [6, 6.07) is 7.19. The van der Waals surface area contributed by atoms with Crippen LogP contribution in [0.3, 0.4) is 0 Å². The van der Waals surface area contributed by atoms with Crippen LogP contribution in [0.15, 0.2) is 43.2 Å². The molecule has 0 radical (unpaired) electrons. The van der Waals surface area contributed by atoms with Gasteiger partial charge in [0, 0.05) is 60.8 Å². The molecule has 0 bridgehead atoms. The molecular formula is C36H46N8O2. The number of hydrogen-bond donors (Lipinski definition) is 0. The summed E-state index contributed by atoms with van der Waals surface area (Å²) in [5.74, 6) is 1.48. The van der Waals surface area contributed by atoms with Crippen LogP contribution in [0.5, 0.6) is 6.01 Å². The number of carbonyl (C=O) groups is 1. The second-order valence-electron chi connectivity index (χ2n) is 13.2. The minimum atomic E-state index is -0.238. The molecule has 1 aromatic carbocycles. The van der Waals surface area contributed by atoms with E-state index in [0.29, 0.717) is 44.8 Å². The highest BCUT2D eigenvalue weighted by Crippen LogP contribution is 2.36. The Bertz CT molecular complexity index is 1630. The molecule has 1 aliphatic carbocycles. The largest absolute Gasteiger partial charge is 0.462 e. The number of aryl methyl sites for hydroxylation is 1. The highest BCUT2D eigenvalue weighted by atomic mass is 16.5. The van der Waals surface area contributed by atoms with Crippen LogP contribution >= 0.6 is 0 Å². The molecule has 0 unspecified atom stereocenters. The highest BCUT2D eigenvalue weighted by Gasteiger charge is 2.35. The lowest BCUT2D eigenvalue weighted by Gasteiger charge is -2.41. The van der Waals surface area contributed by atoms with E-state index in [1.165, 1.54) is 36.3 Å². The summed E-state index contributed by atoms with van der Waals surface area (Å²) in [5, 5.41) is 2.34. The van der Waals surface area contributed by atoms with E-state index in [1.54, 1.807) is 4.90 Å². The van der Waals surface area contributed by atoms with Gasteiger partial charge in [0.05, 0.1) is 24.1 Å². The molecule has 4 heterocycles. The van der Waals surface area contributed by atoms with Gasteiger partial charge in [0.15, 0.2) is 0 Å². The summed E-state index contributed by atoms with van der Waals surface area (Å²) in [7, 11) is 2.19. The third kappa shape index (κ3) is 6.25. The highest BCUT2D eigenvalue weighted by molar-refractivity contribution is 5.96. The summed E-state index contributed by atoms with van der Waals surface area (Å²) < 4.78 is 6.40. The molecule has 0 spiro atoms. The molecular weight excluding hydrogens is 576 g/mol. The Kier molecular flexibility index (Phi) is 9.41. The minimum absolute atomic E-state index is 0.133. The van der Waals surface area contributed by atoms with Crippen LogP contribution in [-0.2, 0) is 17.8 Å². The van der Waals surface area contributed by atoms with E-state index < -0.39 is 0 Å². The number of carbonyl (C=O) groups excluding carboxylic acids is 1. The molecule has 46 heavy (non-hydrogen) atoms. The van der Waals surface area contributed by atoms with E-state index in [0.717, 1.165) is 47.0 Å². The number of aromatic nitrogens is 3. The molecule has 6 rings (SSSR count). The van der Waals surface area contributed by atoms with Crippen molar-refractivity contribution in [2.75, 3.05) is 56.2 Å². The van der Waals surface area contributed by atoms with E-state index >= 15 is 0 Å². The predicted octanol–water partition coefficient (Wildman–Crippen LogP) is 4.91. The quantitative estimate of drug-likeness (QED) is 0.233. The number of ether oxygens (including phenoxy) is 1. The SMILES string of the molecule is [C-]#[N+]C[C@H]1CN(c2nc(OC[C@H](C)N(C)[C@H](C)C3CCC3)nc3c2CCN(c2cncc4cccc(C)c24)C3)CCN1C(=O)C=C. The number of hydrogen-bond acceptors (Lipinski definition) is 8. The molecule has 1 amide bonds. The second-order valence-corrected chi connectivity index (χ2v) is 13.2. The predicted molar refractivity (Wildman–Crippen MR) is 182 cm³/mol. The van der Waals surface area contributed by atoms with Crippen LogP contribution in [0.2, 0.25) is 0 Å². The first-order valence-corrected chi connectivity index (χ1v) is 16.6. The average molecular weight is 623 g/mol. The zero-order valence-electron chi connectivity index (χ0n) is 27.7. The van der Waals surface area contributed by atoms with Crippen LogP contribution < -0.4 is 14.5 Å². The van der Waals surface area contributed by atoms with Crippen molar-refractivity contribution in [1.29, 1.82) is 0 Å². The van der Waals surface area contributed by atoms with Crippen molar-refractivity contribution >= 4 is 28.2 Å². The van der Waals surface area contributed by atoms with Gasteiger partial charge in [-0.1, -0.05) is 31.2 Å². The number of rotatable bonds is 10. The van der Waals surface area contributed by atoms with E-state index in [2.05, 4.69) is 77.1 Å². The van der Waals surface area contributed by atoms with Crippen molar-refractivity contribution in [3.63, 3.8) is 0 Å². The monoisotopic (exact) mass is 622 g/mol. The number of nitrogens with zero attached hydrogens (tertiary/aromatic N) is 8. The van der Waals surface area contributed by atoms with Crippen molar-refractivity contribution in [2.45, 2.75) is 71.1 Å². The van der Waals surface area contributed by atoms with Crippen molar-refractivity contribution in [3.8, 4) is 6.01 Å². The van der Waals surface area contributed by atoms with Crippen LogP contribution in [0.4, 0.5) is 11.5 Å². The molecule has 242 valence electrons. The van der Waals surface area contributed by atoms with Gasteiger partial charge in [0.1, 0.15) is 18.5 Å². The number of benzene rings is 1. The number of pyridine rings is 1. The maximum atomic E-state index is 12.6. The topological polar surface area (TPSA) is 82.3 Å². The van der Waals surface area contributed by atoms with Crippen LogP contribution in [0, 0.1) is 19.4 Å². The van der Waals surface area contributed by atoms with Gasteiger partial charge in [-0.25, -0.2) is 6.57 Å². The Balaban J connectivity index is 1.30. The molecule has 2 fully saturated rings. The molecule has 1 saturated heterocycles. The fourth-order valence-electron chi connectivity index (χ4n) is 7.25. The van der Waals surface area contributed by atoms with Crippen molar-refractivity contribution in [1.82, 2.24) is 24.8 Å². The number of piperazine rings is 1. The first-order chi connectivity index (χ1) is 22.3. The summed E-state index contributed by atoms with van der Waals surface area (Å²) in [5.41, 5.74) is 4.40. The van der Waals surface area contributed by atoms with Crippen molar-refractivity contribution in [3.05, 3.63) is 71.5 Å². The summed E-state index contributed by atoms with van der Waals surface area (Å²) in [6.45, 7) is 21.7. The lowest BCUT2D eigenvalue weighted by atomic mass is 9.79. The molecule has 3 atom stereocenters. The molecule has 3 aliphatic rings. The lowest BCUT2D eigenvalue weighted by molar-refractivity contribution is -0.128. The van der Waals surface area contributed by atoms with Crippen LogP contribution in [0.25, 0.3) is 15.6 Å². The third-order valence-corrected chi connectivity index (χ3v) is 10.5. The molecule has 2 aromatic heterocycles. The van der Waals surface area contributed by atoms with Crippen molar-refractivity contribution in [2.24, 2.45) is 5.92 Å². The number of amides is 1. The van der Waals surface area contributed by atoms with Gasteiger partial charge in [-0.2, -0.15) is 9.97 Å². The molecule has 3 aromatic rings. The maximum Gasteiger partial charge on any atom is 0.318 e. The first kappa shape index (κ1) is 31.7. The van der Waals surface area contributed by atoms with Gasteiger partial charge in [-0.3, -0.25) is 14.7 Å². The second kappa shape index (κ2) is 13.6. The zero-order chi connectivity index (χ0) is 32.4. The van der Waals surface area contributed by atoms with E-state index in [9.17, 15) is 4.79 Å². The van der Waals surface area contributed by atoms with Crippen molar-refractivity contribution < 1.29 is 9.53 Å². The summed E-state index contributed by atoms with van der Waals surface area (Å²) in [6.07, 6.45) is 9.94. The van der Waals surface area contributed by atoms with E-state index in [1.807, 2.05) is 12.4 Å². The van der Waals surface area contributed by atoms with Gasteiger partial charge in [0.2, 0.25) is 12.5 Å². The normalized spacial score (nSPS) is 19.7. The molecule has 1 saturated carbocycles. The molecule has 10 nitrogen and oxygen atoms in total. The summed E-state index contributed by atoms with van der Waals surface area (Å²) >= 11 is 0. The van der Waals surface area contributed by atoms with Crippen LogP contribution in [-0.4, -0.2) is 95.2 Å². The lowest BCUT2D eigenvalue weighted by Crippen LogP contribution is -2.56. The Morgan fingerprint density at radius 1 is 1.20 bits per heavy atom. The van der Waals surface area contributed by atoms with Gasteiger partial charge < -0.3 is 24.3 Å². The van der Waals surface area contributed by atoms with Gasteiger partial charge >= 0.3 is 6.01 Å². The zero-order valence-corrected chi connectivity index (χ0v) is 27.7. The first-order valence-electron chi connectivity index (χ1n) is 16.6. The standard InChI is InChI=1S/C36H46N8O2/c1-7-33(45)44-17-16-43(21-29(44)19-37-5)35-30-14-15-42(32-20-38-18-28-13-8-10-24(2)34(28)32)22-31(30)39-36(40-35)46-23-25(3)41(6)26(4)27-11-9-12-27/h7-8,10,13,18,20,25-27,29H,1,9,11-12,14-17,19,21-23H2,2-4,6H3/t25-,26+,29-/m0/s1. The smallest absolute Gasteiger partial charge is 0.318 e. The Hall–Kier alpha value is -4.23. The fraction of sp³-hybridized carbons (Fsp3) is 0.528. The summed E-state index contributed by atoms with van der Waals surface area (Å²) in [4.78, 5) is 39.7. The van der Waals surface area contributed by atoms with Gasteiger partial charge in [0.25, 0.3) is 0 Å². The van der Waals surface area contributed by atoms with Gasteiger partial charge in [-0.05, 0) is 64.6 Å². The Morgan fingerprint density at radius 2 is 2.02 bits per heavy atom. The average Bonchev–Trinajstić information content (AvgIpc) is 3.05. The molecule has 10 heteroatoms. The maximum absolute atomic E-state index is 12.6. The number of fused-ring (bicyclic) bond motifs is 2.